The predicted octanol–water partition coefficient (Wildman–Crippen LogP) is 2.40. The first-order valence-electron chi connectivity index (χ1n) is 5.43. The molecule has 0 radical (unpaired) electrons. The highest BCUT2D eigenvalue weighted by Gasteiger charge is 2.11. The van der Waals surface area contributed by atoms with E-state index in [-0.39, 0.29) is 0 Å². The van der Waals surface area contributed by atoms with Crippen LogP contribution in [0.4, 0.5) is 5.82 Å². The van der Waals surface area contributed by atoms with Crippen molar-refractivity contribution in [2.45, 2.75) is 25.3 Å². The maximum absolute atomic E-state index is 4.28. The van der Waals surface area contributed by atoms with E-state index >= 15 is 0 Å². The number of rotatable bonds is 3. The van der Waals surface area contributed by atoms with Crippen LogP contribution in [0, 0.1) is 0 Å². The topological polar surface area (TPSA) is 37.0 Å². The number of hydrogen-bond donors (Lipinski definition) is 2. The zero-order chi connectivity index (χ0) is 10.5. The van der Waals surface area contributed by atoms with E-state index in [9.17, 15) is 0 Å². The van der Waals surface area contributed by atoms with Gasteiger partial charge in [0, 0.05) is 23.3 Å². The molecule has 1 aromatic rings. The van der Waals surface area contributed by atoms with E-state index in [0.717, 1.165) is 23.4 Å². The van der Waals surface area contributed by atoms with Crippen molar-refractivity contribution in [2.75, 3.05) is 18.4 Å². The van der Waals surface area contributed by atoms with Crippen LogP contribution >= 0.6 is 15.9 Å². The highest BCUT2D eigenvalue weighted by atomic mass is 79.9. The molecule has 0 spiro atoms. The first-order valence-corrected chi connectivity index (χ1v) is 6.23. The van der Waals surface area contributed by atoms with Crippen molar-refractivity contribution in [2.24, 2.45) is 0 Å². The van der Waals surface area contributed by atoms with Crippen LogP contribution in [0.15, 0.2) is 22.8 Å². The molecule has 2 N–H and O–H groups in total. The second kappa shape index (κ2) is 5.47. The maximum atomic E-state index is 4.28. The molecule has 2 heterocycles. The zero-order valence-electron chi connectivity index (χ0n) is 8.67. The molecule has 1 aromatic heterocycles. The molecule has 1 saturated heterocycles. The monoisotopic (exact) mass is 269 g/mol. The molecule has 1 aliphatic rings. The van der Waals surface area contributed by atoms with Crippen LogP contribution in [-0.2, 0) is 0 Å². The Kier molecular flexibility index (Phi) is 3.97. The van der Waals surface area contributed by atoms with Crippen LogP contribution < -0.4 is 10.6 Å². The number of halogens is 1. The second-order valence-electron chi connectivity index (χ2n) is 3.89. The third kappa shape index (κ3) is 3.47. The van der Waals surface area contributed by atoms with Crippen LogP contribution in [0.2, 0.25) is 0 Å². The highest BCUT2D eigenvalue weighted by Crippen LogP contribution is 2.11. The molecule has 4 heteroatoms. The van der Waals surface area contributed by atoms with E-state index < -0.39 is 0 Å². The molecular formula is C11H16BrN3. The van der Waals surface area contributed by atoms with Gasteiger partial charge in [-0.25, -0.2) is 4.98 Å². The lowest BCUT2D eigenvalue weighted by molar-refractivity contribution is 0.414. The van der Waals surface area contributed by atoms with Gasteiger partial charge in [0.2, 0.25) is 0 Å². The minimum atomic E-state index is 0.601. The van der Waals surface area contributed by atoms with E-state index in [0.29, 0.717) is 6.04 Å². The molecule has 0 unspecified atom stereocenters. The summed E-state index contributed by atoms with van der Waals surface area (Å²) in [4.78, 5) is 4.28. The molecule has 0 aliphatic carbocycles. The van der Waals surface area contributed by atoms with Gasteiger partial charge in [0.05, 0.1) is 0 Å². The van der Waals surface area contributed by atoms with Crippen LogP contribution in [-0.4, -0.2) is 24.1 Å². The molecule has 2 rings (SSSR count). The average Bonchev–Trinajstić information content (AvgIpc) is 2.30. The molecule has 0 bridgehead atoms. The summed E-state index contributed by atoms with van der Waals surface area (Å²) in [6.45, 7) is 2.12. The van der Waals surface area contributed by atoms with Crippen molar-refractivity contribution >= 4 is 21.7 Å². The van der Waals surface area contributed by atoms with Gasteiger partial charge in [-0.3, -0.25) is 0 Å². The Morgan fingerprint density at radius 2 is 2.40 bits per heavy atom. The van der Waals surface area contributed by atoms with Gasteiger partial charge in [0.1, 0.15) is 5.82 Å². The van der Waals surface area contributed by atoms with Gasteiger partial charge in [-0.1, -0.05) is 6.42 Å². The predicted molar refractivity (Wildman–Crippen MR) is 66.1 cm³/mol. The maximum Gasteiger partial charge on any atom is 0.126 e. The van der Waals surface area contributed by atoms with E-state index in [4.69, 9.17) is 0 Å². The second-order valence-corrected chi connectivity index (χ2v) is 4.81. The number of nitrogens with one attached hydrogen (secondary N) is 2. The average molecular weight is 270 g/mol. The Hall–Kier alpha value is -0.610. The quantitative estimate of drug-likeness (QED) is 0.885. The molecule has 0 aromatic carbocycles. The minimum absolute atomic E-state index is 0.601. The molecule has 0 saturated carbocycles. The summed E-state index contributed by atoms with van der Waals surface area (Å²) in [7, 11) is 0. The van der Waals surface area contributed by atoms with E-state index in [2.05, 4.69) is 31.5 Å². The van der Waals surface area contributed by atoms with Gasteiger partial charge >= 0.3 is 0 Å². The standard InChI is InChI=1S/C11H16BrN3/c12-9-4-5-11(14-7-9)15-8-10-3-1-2-6-13-10/h4-5,7,10,13H,1-3,6,8H2,(H,14,15)/t10-/m1/s1. The van der Waals surface area contributed by atoms with Gasteiger partial charge in [-0.05, 0) is 47.4 Å². The first kappa shape index (κ1) is 10.9. The highest BCUT2D eigenvalue weighted by molar-refractivity contribution is 9.10. The number of hydrogen-bond acceptors (Lipinski definition) is 3. The third-order valence-corrected chi connectivity index (χ3v) is 3.14. The summed E-state index contributed by atoms with van der Waals surface area (Å²) in [5.74, 6) is 0.950. The normalized spacial score (nSPS) is 21.3. The van der Waals surface area contributed by atoms with E-state index in [1.165, 1.54) is 19.3 Å². The third-order valence-electron chi connectivity index (χ3n) is 2.67. The number of nitrogens with zero attached hydrogens (tertiary/aromatic N) is 1. The summed E-state index contributed by atoms with van der Waals surface area (Å²) in [6, 6.07) is 4.60. The zero-order valence-corrected chi connectivity index (χ0v) is 10.3. The van der Waals surface area contributed by atoms with Gasteiger partial charge in [-0.2, -0.15) is 0 Å². The van der Waals surface area contributed by atoms with Gasteiger partial charge < -0.3 is 10.6 Å². The van der Waals surface area contributed by atoms with Crippen molar-refractivity contribution in [3.63, 3.8) is 0 Å². The Labute approximate surface area is 98.8 Å². The lowest BCUT2D eigenvalue weighted by atomic mass is 10.1. The lowest BCUT2D eigenvalue weighted by Gasteiger charge is -2.23. The molecule has 1 aliphatic heterocycles. The summed E-state index contributed by atoms with van der Waals surface area (Å²) >= 11 is 3.37. The first-order chi connectivity index (χ1) is 7.34. The SMILES string of the molecule is Brc1ccc(NC[C@H]2CCCCN2)nc1. The van der Waals surface area contributed by atoms with Crippen molar-refractivity contribution < 1.29 is 0 Å². The molecule has 1 fully saturated rings. The van der Waals surface area contributed by atoms with Crippen LogP contribution in [0.1, 0.15) is 19.3 Å². The number of piperidine rings is 1. The molecule has 82 valence electrons. The minimum Gasteiger partial charge on any atom is -0.369 e. The fourth-order valence-corrected chi connectivity index (χ4v) is 2.04. The fourth-order valence-electron chi connectivity index (χ4n) is 1.81. The Morgan fingerprint density at radius 3 is 3.07 bits per heavy atom. The lowest BCUT2D eigenvalue weighted by Crippen LogP contribution is -2.39. The van der Waals surface area contributed by atoms with Crippen LogP contribution in [0.3, 0.4) is 0 Å². The summed E-state index contributed by atoms with van der Waals surface area (Å²) in [5.41, 5.74) is 0. The summed E-state index contributed by atoms with van der Waals surface area (Å²) < 4.78 is 1.02. The van der Waals surface area contributed by atoms with Crippen LogP contribution in [0.25, 0.3) is 0 Å². The van der Waals surface area contributed by atoms with Gasteiger partial charge in [0.25, 0.3) is 0 Å². The Morgan fingerprint density at radius 1 is 1.47 bits per heavy atom. The molecule has 15 heavy (non-hydrogen) atoms. The van der Waals surface area contributed by atoms with Crippen molar-refractivity contribution in [1.29, 1.82) is 0 Å². The fraction of sp³-hybridized carbons (Fsp3) is 0.545. The van der Waals surface area contributed by atoms with Crippen molar-refractivity contribution in [3.8, 4) is 0 Å². The number of aromatic nitrogens is 1. The van der Waals surface area contributed by atoms with Gasteiger partial charge in [-0.15, -0.1) is 0 Å². The molecular weight excluding hydrogens is 254 g/mol. The largest absolute Gasteiger partial charge is 0.369 e. The van der Waals surface area contributed by atoms with Crippen molar-refractivity contribution in [1.82, 2.24) is 10.3 Å². The van der Waals surface area contributed by atoms with Crippen LogP contribution in [0.5, 0.6) is 0 Å². The van der Waals surface area contributed by atoms with E-state index in [1.54, 1.807) is 0 Å². The smallest absolute Gasteiger partial charge is 0.126 e. The summed E-state index contributed by atoms with van der Waals surface area (Å²) in [5, 5.41) is 6.85. The molecule has 3 nitrogen and oxygen atoms in total. The van der Waals surface area contributed by atoms with E-state index in [1.807, 2.05) is 18.3 Å². The number of anilines is 1. The molecule has 1 atom stereocenters. The summed E-state index contributed by atoms with van der Waals surface area (Å²) in [6.07, 6.45) is 5.74. The number of pyridine rings is 1. The Balaban J connectivity index is 1.79. The Bertz CT molecular complexity index is 293. The van der Waals surface area contributed by atoms with Gasteiger partial charge in [0.15, 0.2) is 0 Å². The van der Waals surface area contributed by atoms with Crippen molar-refractivity contribution in [3.05, 3.63) is 22.8 Å². The molecule has 0 amide bonds.